The van der Waals surface area contributed by atoms with E-state index in [1.54, 1.807) is 21.0 Å². The molecule has 76 valence electrons. The molecule has 0 heterocycles. The number of likely N-dealkylation sites (N-methyl/N-ethyl adjacent to an activating group) is 1. The van der Waals surface area contributed by atoms with Crippen molar-refractivity contribution in [2.75, 3.05) is 14.1 Å². The quantitative estimate of drug-likeness (QED) is 0.642. The van der Waals surface area contributed by atoms with Gasteiger partial charge in [0.1, 0.15) is 6.04 Å². The van der Waals surface area contributed by atoms with Crippen LogP contribution in [-0.2, 0) is 9.59 Å². The fourth-order valence-electron chi connectivity index (χ4n) is 1.29. The SMILES string of the molecule is CC[C@H](C(=O)O)[C@@H](C(=O)O)N(C)C. The third-order valence-corrected chi connectivity index (χ3v) is 1.95. The fraction of sp³-hybridized carbons (Fsp3) is 0.750. The van der Waals surface area contributed by atoms with E-state index in [-0.39, 0.29) is 0 Å². The van der Waals surface area contributed by atoms with Crippen LogP contribution >= 0.6 is 0 Å². The highest BCUT2D eigenvalue weighted by Crippen LogP contribution is 2.13. The Balaban J connectivity index is 4.69. The summed E-state index contributed by atoms with van der Waals surface area (Å²) < 4.78 is 0. The van der Waals surface area contributed by atoms with E-state index in [4.69, 9.17) is 10.2 Å². The summed E-state index contributed by atoms with van der Waals surface area (Å²) in [6, 6.07) is -0.956. The van der Waals surface area contributed by atoms with Gasteiger partial charge in [-0.1, -0.05) is 6.92 Å². The summed E-state index contributed by atoms with van der Waals surface area (Å²) >= 11 is 0. The topological polar surface area (TPSA) is 77.8 Å². The van der Waals surface area contributed by atoms with Crippen molar-refractivity contribution in [3.63, 3.8) is 0 Å². The second-order valence-electron chi connectivity index (χ2n) is 3.10. The lowest BCUT2D eigenvalue weighted by Crippen LogP contribution is -2.44. The number of aliphatic carboxylic acids is 2. The molecule has 5 nitrogen and oxygen atoms in total. The van der Waals surface area contributed by atoms with E-state index >= 15 is 0 Å². The van der Waals surface area contributed by atoms with Crippen LogP contribution in [0.3, 0.4) is 0 Å². The maximum atomic E-state index is 10.7. The van der Waals surface area contributed by atoms with Crippen molar-refractivity contribution in [1.29, 1.82) is 0 Å². The van der Waals surface area contributed by atoms with Crippen LogP contribution in [0.5, 0.6) is 0 Å². The van der Waals surface area contributed by atoms with Gasteiger partial charge < -0.3 is 10.2 Å². The lowest BCUT2D eigenvalue weighted by molar-refractivity contribution is -0.154. The zero-order chi connectivity index (χ0) is 10.6. The summed E-state index contributed by atoms with van der Waals surface area (Å²) in [5, 5.41) is 17.5. The second kappa shape index (κ2) is 4.81. The van der Waals surface area contributed by atoms with E-state index in [1.165, 1.54) is 4.90 Å². The van der Waals surface area contributed by atoms with Crippen molar-refractivity contribution in [1.82, 2.24) is 4.90 Å². The van der Waals surface area contributed by atoms with Crippen molar-refractivity contribution >= 4 is 11.9 Å². The Kier molecular flexibility index (Phi) is 4.40. The van der Waals surface area contributed by atoms with Gasteiger partial charge in [-0.05, 0) is 20.5 Å². The molecule has 0 unspecified atom stereocenters. The molecule has 0 aliphatic carbocycles. The smallest absolute Gasteiger partial charge is 0.321 e. The Morgan fingerprint density at radius 2 is 1.69 bits per heavy atom. The molecule has 0 aromatic rings. The summed E-state index contributed by atoms with van der Waals surface area (Å²) in [7, 11) is 3.12. The predicted molar refractivity (Wildman–Crippen MR) is 46.5 cm³/mol. The van der Waals surface area contributed by atoms with Gasteiger partial charge in [0, 0.05) is 0 Å². The van der Waals surface area contributed by atoms with E-state index in [9.17, 15) is 9.59 Å². The first kappa shape index (κ1) is 11.9. The second-order valence-corrected chi connectivity index (χ2v) is 3.10. The van der Waals surface area contributed by atoms with Crippen LogP contribution in [0.2, 0.25) is 0 Å². The Morgan fingerprint density at radius 3 is 1.77 bits per heavy atom. The zero-order valence-corrected chi connectivity index (χ0v) is 8.02. The monoisotopic (exact) mass is 189 g/mol. The number of carboxylic acids is 2. The molecule has 0 saturated carbocycles. The van der Waals surface area contributed by atoms with Crippen LogP contribution in [-0.4, -0.2) is 47.2 Å². The standard InChI is InChI=1S/C8H15NO4/c1-4-5(7(10)11)6(8(12)13)9(2)3/h5-6H,4H2,1-3H3,(H,10,11)(H,12,13)/t5-,6-/m0/s1. The average molecular weight is 189 g/mol. The van der Waals surface area contributed by atoms with Crippen molar-refractivity contribution in [3.8, 4) is 0 Å². The summed E-state index contributed by atoms with van der Waals surface area (Å²) in [5.41, 5.74) is 0. The molecule has 0 aliphatic rings. The van der Waals surface area contributed by atoms with Crippen LogP contribution in [0.4, 0.5) is 0 Å². The Morgan fingerprint density at radius 1 is 1.23 bits per heavy atom. The first-order valence-electron chi connectivity index (χ1n) is 4.03. The summed E-state index contributed by atoms with van der Waals surface area (Å²) in [4.78, 5) is 22.8. The molecular weight excluding hydrogens is 174 g/mol. The number of hydrogen-bond acceptors (Lipinski definition) is 3. The molecule has 13 heavy (non-hydrogen) atoms. The van der Waals surface area contributed by atoms with Crippen LogP contribution in [0, 0.1) is 5.92 Å². The summed E-state index contributed by atoms with van der Waals surface area (Å²) in [6.45, 7) is 1.66. The highest BCUT2D eigenvalue weighted by atomic mass is 16.4. The first-order chi connectivity index (χ1) is 5.91. The molecule has 0 aromatic heterocycles. The lowest BCUT2D eigenvalue weighted by atomic mass is 9.96. The molecule has 0 rings (SSSR count). The highest BCUT2D eigenvalue weighted by molar-refractivity contribution is 5.82. The number of nitrogens with zero attached hydrogens (tertiary/aromatic N) is 1. The molecule has 2 atom stereocenters. The Bertz CT molecular complexity index is 202. The molecule has 0 radical (unpaired) electrons. The Hall–Kier alpha value is -1.10. The molecule has 0 fully saturated rings. The van der Waals surface area contributed by atoms with Gasteiger partial charge in [-0.25, -0.2) is 0 Å². The van der Waals surface area contributed by atoms with Gasteiger partial charge in [-0.3, -0.25) is 14.5 Å². The van der Waals surface area contributed by atoms with Crippen molar-refractivity contribution in [2.45, 2.75) is 19.4 Å². The number of carboxylic acid groups (broad SMARTS) is 2. The molecule has 0 spiro atoms. The molecule has 0 saturated heterocycles. The van der Waals surface area contributed by atoms with Gasteiger partial charge in [0.15, 0.2) is 0 Å². The van der Waals surface area contributed by atoms with E-state index in [2.05, 4.69) is 0 Å². The third kappa shape index (κ3) is 3.02. The molecule has 5 heteroatoms. The number of rotatable bonds is 5. The average Bonchev–Trinajstić information content (AvgIpc) is 1.97. The molecule has 0 aromatic carbocycles. The highest BCUT2D eigenvalue weighted by Gasteiger charge is 2.33. The van der Waals surface area contributed by atoms with Gasteiger partial charge in [0.2, 0.25) is 0 Å². The fourth-order valence-corrected chi connectivity index (χ4v) is 1.29. The minimum atomic E-state index is -1.10. The van der Waals surface area contributed by atoms with Gasteiger partial charge in [0.25, 0.3) is 0 Å². The molecule has 0 aliphatic heterocycles. The van der Waals surface area contributed by atoms with E-state index in [1.807, 2.05) is 0 Å². The first-order valence-corrected chi connectivity index (χ1v) is 4.03. The van der Waals surface area contributed by atoms with Crippen molar-refractivity contribution < 1.29 is 19.8 Å². The van der Waals surface area contributed by atoms with E-state index in [0.717, 1.165) is 0 Å². The van der Waals surface area contributed by atoms with Crippen molar-refractivity contribution in [3.05, 3.63) is 0 Å². The summed E-state index contributed by atoms with van der Waals surface area (Å²) in [5.74, 6) is -3.02. The van der Waals surface area contributed by atoms with Gasteiger partial charge in [-0.2, -0.15) is 0 Å². The van der Waals surface area contributed by atoms with Crippen molar-refractivity contribution in [2.24, 2.45) is 5.92 Å². The Labute approximate surface area is 77.0 Å². The van der Waals surface area contributed by atoms with Gasteiger partial charge in [-0.15, -0.1) is 0 Å². The van der Waals surface area contributed by atoms with E-state index < -0.39 is 23.9 Å². The number of hydrogen-bond donors (Lipinski definition) is 2. The summed E-state index contributed by atoms with van der Waals surface area (Å²) in [6.07, 6.45) is 0.310. The van der Waals surface area contributed by atoms with E-state index in [0.29, 0.717) is 6.42 Å². The van der Waals surface area contributed by atoms with Crippen LogP contribution in [0.15, 0.2) is 0 Å². The minimum Gasteiger partial charge on any atom is -0.481 e. The normalized spacial score (nSPS) is 15.4. The molecule has 0 amide bonds. The van der Waals surface area contributed by atoms with Gasteiger partial charge in [0.05, 0.1) is 5.92 Å². The maximum Gasteiger partial charge on any atom is 0.321 e. The maximum absolute atomic E-state index is 10.7. The lowest BCUT2D eigenvalue weighted by Gasteiger charge is -2.24. The molecular formula is C8H15NO4. The largest absolute Gasteiger partial charge is 0.481 e. The van der Waals surface area contributed by atoms with Crippen LogP contribution < -0.4 is 0 Å². The number of carbonyl (C=O) groups is 2. The van der Waals surface area contributed by atoms with Crippen LogP contribution in [0.1, 0.15) is 13.3 Å². The molecule has 0 bridgehead atoms. The zero-order valence-electron chi connectivity index (χ0n) is 8.02. The minimum absolute atomic E-state index is 0.310. The predicted octanol–water partition coefficient (Wildman–Crippen LogP) is 0.112. The van der Waals surface area contributed by atoms with Gasteiger partial charge >= 0.3 is 11.9 Å². The third-order valence-electron chi connectivity index (χ3n) is 1.95. The van der Waals surface area contributed by atoms with Crippen LogP contribution in [0.25, 0.3) is 0 Å². The molecule has 2 N–H and O–H groups in total.